The average Bonchev–Trinajstić information content (AvgIpc) is 2.33. The van der Waals surface area contributed by atoms with Crippen molar-refractivity contribution in [3.63, 3.8) is 0 Å². The predicted octanol–water partition coefficient (Wildman–Crippen LogP) is 1.73. The molecule has 90 valence electrons. The van der Waals surface area contributed by atoms with E-state index in [9.17, 15) is 4.79 Å². The standard InChI is InChI=1S/C12H15N3OS/c1-2-17-6-5-15-8-14-11-4-3-9(13)7-10(11)12(15)16/h3-4,7-8H,2,5-6,13H2,1H3. The zero-order valence-corrected chi connectivity index (χ0v) is 10.5. The lowest BCUT2D eigenvalue weighted by molar-refractivity contribution is 0.725. The number of nitrogens with zero attached hydrogens (tertiary/aromatic N) is 2. The van der Waals surface area contributed by atoms with Gasteiger partial charge in [-0.05, 0) is 24.0 Å². The summed E-state index contributed by atoms with van der Waals surface area (Å²) in [6.07, 6.45) is 1.61. The van der Waals surface area contributed by atoms with Crippen LogP contribution in [0.25, 0.3) is 10.9 Å². The van der Waals surface area contributed by atoms with Gasteiger partial charge in [-0.15, -0.1) is 0 Å². The van der Waals surface area contributed by atoms with Crippen LogP contribution in [0.3, 0.4) is 0 Å². The first-order valence-electron chi connectivity index (χ1n) is 5.55. The second-order valence-electron chi connectivity index (χ2n) is 3.72. The lowest BCUT2D eigenvalue weighted by Crippen LogP contribution is -2.21. The molecule has 0 unspecified atom stereocenters. The molecule has 0 amide bonds. The zero-order chi connectivity index (χ0) is 12.3. The van der Waals surface area contributed by atoms with Gasteiger partial charge in [0.25, 0.3) is 5.56 Å². The summed E-state index contributed by atoms with van der Waals surface area (Å²) < 4.78 is 1.64. The molecular weight excluding hydrogens is 234 g/mol. The number of nitrogen functional groups attached to an aromatic ring is 1. The molecule has 17 heavy (non-hydrogen) atoms. The van der Waals surface area contributed by atoms with Crippen molar-refractivity contribution in [3.8, 4) is 0 Å². The first-order valence-corrected chi connectivity index (χ1v) is 6.70. The van der Waals surface area contributed by atoms with Gasteiger partial charge in [-0.2, -0.15) is 11.8 Å². The number of aromatic nitrogens is 2. The van der Waals surface area contributed by atoms with Crippen molar-refractivity contribution < 1.29 is 0 Å². The number of hydrogen-bond acceptors (Lipinski definition) is 4. The summed E-state index contributed by atoms with van der Waals surface area (Å²) in [5, 5.41) is 0.592. The number of aryl methyl sites for hydroxylation is 1. The summed E-state index contributed by atoms with van der Waals surface area (Å²) in [5.74, 6) is 1.98. The van der Waals surface area contributed by atoms with Gasteiger partial charge in [0.05, 0.1) is 17.2 Å². The van der Waals surface area contributed by atoms with Crippen LogP contribution < -0.4 is 11.3 Å². The van der Waals surface area contributed by atoms with Gasteiger partial charge in [0.15, 0.2) is 0 Å². The lowest BCUT2D eigenvalue weighted by atomic mass is 10.2. The molecule has 4 nitrogen and oxygen atoms in total. The van der Waals surface area contributed by atoms with E-state index in [1.165, 1.54) is 0 Å². The van der Waals surface area contributed by atoms with E-state index in [1.54, 1.807) is 29.1 Å². The summed E-state index contributed by atoms with van der Waals surface area (Å²) in [4.78, 5) is 16.4. The van der Waals surface area contributed by atoms with E-state index in [0.717, 1.165) is 11.5 Å². The molecule has 0 atom stereocenters. The Morgan fingerprint density at radius 2 is 2.29 bits per heavy atom. The molecule has 0 aliphatic heterocycles. The Bertz CT molecular complexity index is 579. The fourth-order valence-electron chi connectivity index (χ4n) is 1.64. The van der Waals surface area contributed by atoms with Crippen LogP contribution in [0.1, 0.15) is 6.92 Å². The van der Waals surface area contributed by atoms with Crippen molar-refractivity contribution in [2.24, 2.45) is 0 Å². The van der Waals surface area contributed by atoms with E-state index in [2.05, 4.69) is 11.9 Å². The molecule has 0 fully saturated rings. The van der Waals surface area contributed by atoms with Gasteiger partial charge < -0.3 is 5.73 Å². The second kappa shape index (κ2) is 5.23. The Labute approximate surface area is 104 Å². The maximum Gasteiger partial charge on any atom is 0.261 e. The molecule has 0 aliphatic rings. The highest BCUT2D eigenvalue weighted by atomic mass is 32.2. The van der Waals surface area contributed by atoms with Crippen LogP contribution >= 0.6 is 11.8 Å². The molecule has 2 N–H and O–H groups in total. The highest BCUT2D eigenvalue weighted by Crippen LogP contribution is 2.11. The molecule has 0 bridgehead atoms. The minimum absolute atomic E-state index is 0.0148. The average molecular weight is 249 g/mol. The summed E-state index contributed by atoms with van der Waals surface area (Å²) >= 11 is 1.81. The SMILES string of the molecule is CCSCCn1cnc2ccc(N)cc2c1=O. The topological polar surface area (TPSA) is 60.9 Å². The molecule has 1 heterocycles. The number of hydrogen-bond donors (Lipinski definition) is 1. The van der Waals surface area contributed by atoms with Gasteiger partial charge in [-0.1, -0.05) is 6.92 Å². The van der Waals surface area contributed by atoms with Gasteiger partial charge in [-0.25, -0.2) is 4.98 Å². The van der Waals surface area contributed by atoms with Crippen LogP contribution in [0.15, 0.2) is 29.3 Å². The third kappa shape index (κ3) is 2.61. The van der Waals surface area contributed by atoms with E-state index in [-0.39, 0.29) is 5.56 Å². The third-order valence-corrected chi connectivity index (χ3v) is 3.41. The van der Waals surface area contributed by atoms with Crippen molar-refractivity contribution in [2.75, 3.05) is 17.2 Å². The molecule has 0 aliphatic carbocycles. The number of nitrogens with two attached hydrogens (primary N) is 1. The van der Waals surface area contributed by atoms with Gasteiger partial charge in [0.2, 0.25) is 0 Å². The van der Waals surface area contributed by atoms with Crippen LogP contribution in [0, 0.1) is 0 Å². The minimum atomic E-state index is -0.0148. The van der Waals surface area contributed by atoms with Crippen LogP contribution in [-0.4, -0.2) is 21.1 Å². The molecular formula is C12H15N3OS. The van der Waals surface area contributed by atoms with Crippen molar-refractivity contribution in [1.82, 2.24) is 9.55 Å². The summed E-state index contributed by atoms with van der Waals surface area (Å²) in [5.41, 5.74) is 6.96. The molecule has 1 aromatic carbocycles. The number of benzene rings is 1. The van der Waals surface area contributed by atoms with Crippen molar-refractivity contribution in [1.29, 1.82) is 0 Å². The van der Waals surface area contributed by atoms with Crippen LogP contribution in [0.5, 0.6) is 0 Å². The van der Waals surface area contributed by atoms with Gasteiger partial charge in [-0.3, -0.25) is 9.36 Å². The Hall–Kier alpha value is -1.49. The zero-order valence-electron chi connectivity index (χ0n) is 9.72. The summed E-state index contributed by atoms with van der Waals surface area (Å²) in [6.45, 7) is 2.79. The van der Waals surface area contributed by atoms with Crippen molar-refractivity contribution >= 4 is 28.4 Å². The molecule has 2 rings (SSSR count). The highest BCUT2D eigenvalue weighted by molar-refractivity contribution is 7.99. The van der Waals surface area contributed by atoms with Crippen LogP contribution in [0.2, 0.25) is 0 Å². The van der Waals surface area contributed by atoms with E-state index >= 15 is 0 Å². The monoisotopic (exact) mass is 249 g/mol. The number of fused-ring (bicyclic) bond motifs is 1. The maximum absolute atomic E-state index is 12.1. The predicted molar refractivity (Wildman–Crippen MR) is 73.4 cm³/mol. The summed E-state index contributed by atoms with van der Waals surface area (Å²) in [6, 6.07) is 5.22. The first kappa shape index (κ1) is 12.0. The van der Waals surface area contributed by atoms with Gasteiger partial charge in [0, 0.05) is 18.0 Å². The second-order valence-corrected chi connectivity index (χ2v) is 5.11. The van der Waals surface area contributed by atoms with Crippen LogP contribution in [0.4, 0.5) is 5.69 Å². The molecule has 0 spiro atoms. The molecule has 1 aromatic heterocycles. The van der Waals surface area contributed by atoms with Crippen molar-refractivity contribution in [2.45, 2.75) is 13.5 Å². The minimum Gasteiger partial charge on any atom is -0.399 e. The van der Waals surface area contributed by atoms with Gasteiger partial charge in [0.1, 0.15) is 0 Å². The Balaban J connectivity index is 2.39. The Morgan fingerprint density at radius 3 is 3.06 bits per heavy atom. The normalized spacial score (nSPS) is 10.9. The number of thioether (sulfide) groups is 1. The fourth-order valence-corrected chi connectivity index (χ4v) is 2.26. The smallest absolute Gasteiger partial charge is 0.261 e. The van der Waals surface area contributed by atoms with E-state index in [1.807, 2.05) is 11.8 Å². The van der Waals surface area contributed by atoms with Crippen molar-refractivity contribution in [3.05, 3.63) is 34.9 Å². The molecule has 5 heteroatoms. The molecule has 0 saturated carbocycles. The van der Waals surface area contributed by atoms with E-state index < -0.39 is 0 Å². The third-order valence-electron chi connectivity index (χ3n) is 2.53. The first-order chi connectivity index (χ1) is 8.22. The van der Waals surface area contributed by atoms with Crippen LogP contribution in [-0.2, 0) is 6.54 Å². The Kier molecular flexibility index (Phi) is 3.68. The number of rotatable bonds is 4. The molecule has 0 radical (unpaired) electrons. The van der Waals surface area contributed by atoms with E-state index in [4.69, 9.17) is 5.73 Å². The highest BCUT2D eigenvalue weighted by Gasteiger charge is 2.03. The molecule has 0 saturated heterocycles. The van der Waals surface area contributed by atoms with E-state index in [0.29, 0.717) is 23.1 Å². The Morgan fingerprint density at radius 1 is 1.47 bits per heavy atom. The fraction of sp³-hybridized carbons (Fsp3) is 0.333. The number of anilines is 1. The maximum atomic E-state index is 12.1. The summed E-state index contributed by atoms with van der Waals surface area (Å²) in [7, 11) is 0. The quantitative estimate of drug-likeness (QED) is 0.662. The lowest BCUT2D eigenvalue weighted by Gasteiger charge is -2.06. The molecule has 2 aromatic rings. The largest absolute Gasteiger partial charge is 0.399 e. The van der Waals surface area contributed by atoms with Gasteiger partial charge >= 0.3 is 0 Å².